The first-order valence-corrected chi connectivity index (χ1v) is 10.3. The molecule has 8 heteroatoms. The van der Waals surface area contributed by atoms with Crippen LogP contribution >= 0.6 is 0 Å². The zero-order chi connectivity index (χ0) is 24.0. The molecular weight excluding hydrogens is 435 g/mol. The second kappa shape index (κ2) is 10.5. The molecule has 1 atom stereocenters. The summed E-state index contributed by atoms with van der Waals surface area (Å²) >= 11 is 0. The Bertz CT molecular complexity index is 1120. The largest absolute Gasteiger partial charge is 0.488 e. The molecule has 0 radical (unpaired) electrons. The molecule has 0 spiro atoms. The highest BCUT2D eigenvalue weighted by molar-refractivity contribution is 6.08. The molecular formula is C25H24F3NO4. The number of aryl methyl sites for hydroxylation is 1. The molecule has 1 heterocycles. The van der Waals surface area contributed by atoms with Crippen molar-refractivity contribution in [3.8, 4) is 5.75 Å². The van der Waals surface area contributed by atoms with Crippen molar-refractivity contribution < 1.29 is 32.8 Å². The van der Waals surface area contributed by atoms with Crippen LogP contribution in [0.15, 0.2) is 66.9 Å². The number of halogens is 3. The van der Waals surface area contributed by atoms with E-state index in [1.807, 2.05) is 13.0 Å². The van der Waals surface area contributed by atoms with Crippen molar-refractivity contribution in [2.45, 2.75) is 32.7 Å². The monoisotopic (exact) mass is 459 g/mol. The minimum Gasteiger partial charge on any atom is -0.488 e. The van der Waals surface area contributed by atoms with E-state index in [-0.39, 0.29) is 24.9 Å². The standard InChI is InChI=1S/C25H24F3NO4/c1-17-8-10-20(11-9-17)24(30)23-14-21(25(26,27)28)15-29(23)12-4-6-19-5-3-7-22(13-19)33-18(2)16-32-31/h3-11,13-15,18,31H,12,16H2,1-2H3/b6-4+/t18-/m0/s1. The third-order valence-corrected chi connectivity index (χ3v) is 4.89. The van der Waals surface area contributed by atoms with E-state index < -0.39 is 17.5 Å². The number of ether oxygens (including phenoxy) is 1. The van der Waals surface area contributed by atoms with Crippen molar-refractivity contribution in [3.05, 3.63) is 94.8 Å². The van der Waals surface area contributed by atoms with Crippen molar-refractivity contribution in [3.63, 3.8) is 0 Å². The summed E-state index contributed by atoms with van der Waals surface area (Å²) in [5.41, 5.74) is 1.13. The second-order valence-electron chi connectivity index (χ2n) is 7.66. The number of carbonyl (C=O) groups is 1. The highest BCUT2D eigenvalue weighted by atomic mass is 19.4. The summed E-state index contributed by atoms with van der Waals surface area (Å²) < 4.78 is 46.8. The van der Waals surface area contributed by atoms with Crippen LogP contribution in [0.4, 0.5) is 13.2 Å². The summed E-state index contributed by atoms with van der Waals surface area (Å²) in [6.45, 7) is 3.68. The maximum Gasteiger partial charge on any atom is 0.417 e. The van der Waals surface area contributed by atoms with Gasteiger partial charge in [0.15, 0.2) is 0 Å². The van der Waals surface area contributed by atoms with Gasteiger partial charge in [0, 0.05) is 18.3 Å². The summed E-state index contributed by atoms with van der Waals surface area (Å²) in [6.07, 6.45) is -0.580. The summed E-state index contributed by atoms with van der Waals surface area (Å²) in [5.74, 6) is 0.0756. The van der Waals surface area contributed by atoms with Crippen molar-refractivity contribution in [1.29, 1.82) is 0 Å². The summed E-state index contributed by atoms with van der Waals surface area (Å²) in [4.78, 5) is 17.0. The lowest BCUT2D eigenvalue weighted by Crippen LogP contribution is -2.18. The van der Waals surface area contributed by atoms with E-state index in [4.69, 9.17) is 9.99 Å². The Kier molecular flexibility index (Phi) is 7.73. The minimum atomic E-state index is -4.56. The van der Waals surface area contributed by atoms with Crippen LogP contribution in [0.2, 0.25) is 0 Å². The van der Waals surface area contributed by atoms with Gasteiger partial charge in [-0.2, -0.15) is 13.2 Å². The summed E-state index contributed by atoms with van der Waals surface area (Å²) in [6, 6.07) is 14.6. The van der Waals surface area contributed by atoms with Crippen molar-refractivity contribution >= 4 is 11.9 Å². The van der Waals surface area contributed by atoms with Gasteiger partial charge in [-0.3, -0.25) is 10.1 Å². The lowest BCUT2D eigenvalue weighted by molar-refractivity contribution is -0.253. The predicted molar refractivity (Wildman–Crippen MR) is 118 cm³/mol. The maximum absolute atomic E-state index is 13.3. The molecule has 0 saturated heterocycles. The third kappa shape index (κ3) is 6.57. The Morgan fingerprint density at radius 3 is 2.55 bits per heavy atom. The second-order valence-corrected chi connectivity index (χ2v) is 7.66. The number of nitrogens with zero attached hydrogens (tertiary/aromatic N) is 1. The Hall–Kier alpha value is -3.36. The highest BCUT2D eigenvalue weighted by Crippen LogP contribution is 2.31. The number of benzene rings is 2. The molecule has 0 fully saturated rings. The van der Waals surface area contributed by atoms with Crippen LogP contribution in [0.25, 0.3) is 6.08 Å². The van der Waals surface area contributed by atoms with E-state index in [2.05, 4.69) is 4.89 Å². The van der Waals surface area contributed by atoms with Crippen LogP contribution in [0.1, 0.15) is 39.7 Å². The maximum atomic E-state index is 13.3. The molecule has 0 saturated carbocycles. The number of allylic oxidation sites excluding steroid dienone is 1. The average molecular weight is 459 g/mol. The van der Waals surface area contributed by atoms with Crippen LogP contribution in [-0.2, 0) is 17.6 Å². The fourth-order valence-corrected chi connectivity index (χ4v) is 3.22. The molecule has 33 heavy (non-hydrogen) atoms. The molecule has 2 aromatic carbocycles. The number of hydrogen-bond donors (Lipinski definition) is 1. The normalized spacial score (nSPS) is 12.8. The molecule has 0 amide bonds. The lowest BCUT2D eigenvalue weighted by Gasteiger charge is -2.13. The Morgan fingerprint density at radius 2 is 1.88 bits per heavy atom. The van der Waals surface area contributed by atoms with E-state index in [1.165, 1.54) is 4.57 Å². The van der Waals surface area contributed by atoms with Gasteiger partial charge in [-0.1, -0.05) is 54.1 Å². The first-order valence-electron chi connectivity index (χ1n) is 10.3. The number of rotatable bonds is 9. The van der Waals surface area contributed by atoms with Crippen LogP contribution in [-0.4, -0.2) is 28.3 Å². The van der Waals surface area contributed by atoms with E-state index in [9.17, 15) is 18.0 Å². The average Bonchev–Trinajstić information content (AvgIpc) is 3.19. The van der Waals surface area contributed by atoms with Gasteiger partial charge in [-0.25, -0.2) is 4.89 Å². The van der Waals surface area contributed by atoms with Gasteiger partial charge in [-0.05, 0) is 37.6 Å². The molecule has 0 aliphatic heterocycles. The van der Waals surface area contributed by atoms with Crippen molar-refractivity contribution in [2.75, 3.05) is 6.61 Å². The van der Waals surface area contributed by atoms with Gasteiger partial charge in [-0.15, -0.1) is 0 Å². The summed E-state index contributed by atoms with van der Waals surface area (Å²) in [7, 11) is 0. The van der Waals surface area contributed by atoms with Gasteiger partial charge < -0.3 is 9.30 Å². The zero-order valence-electron chi connectivity index (χ0n) is 18.2. The van der Waals surface area contributed by atoms with Crippen LogP contribution < -0.4 is 4.74 Å². The Balaban J connectivity index is 1.81. The van der Waals surface area contributed by atoms with Crippen molar-refractivity contribution in [2.24, 2.45) is 0 Å². The molecule has 1 N–H and O–H groups in total. The molecule has 0 bridgehead atoms. The van der Waals surface area contributed by atoms with Gasteiger partial charge in [0.2, 0.25) is 5.78 Å². The van der Waals surface area contributed by atoms with Crippen molar-refractivity contribution in [1.82, 2.24) is 4.57 Å². The molecule has 5 nitrogen and oxygen atoms in total. The van der Waals surface area contributed by atoms with Crippen LogP contribution in [0.3, 0.4) is 0 Å². The lowest BCUT2D eigenvalue weighted by atomic mass is 10.1. The van der Waals surface area contributed by atoms with Crippen LogP contribution in [0, 0.1) is 6.92 Å². The Morgan fingerprint density at radius 1 is 1.15 bits per heavy atom. The number of aromatic nitrogens is 1. The molecule has 174 valence electrons. The number of carbonyl (C=O) groups excluding carboxylic acids is 1. The van der Waals surface area contributed by atoms with Gasteiger partial charge in [0.1, 0.15) is 18.5 Å². The third-order valence-electron chi connectivity index (χ3n) is 4.89. The SMILES string of the molecule is Cc1ccc(C(=O)c2cc(C(F)(F)F)cn2C/C=C/c2cccc(O[C@@H](C)COO)c2)cc1. The molecule has 3 aromatic rings. The molecule has 0 aliphatic rings. The van der Waals surface area contributed by atoms with E-state index in [0.29, 0.717) is 11.3 Å². The van der Waals surface area contributed by atoms with E-state index >= 15 is 0 Å². The minimum absolute atomic E-state index is 0.00697. The molecule has 3 rings (SSSR count). The van der Waals surface area contributed by atoms with Gasteiger partial charge in [0.05, 0.1) is 11.3 Å². The smallest absolute Gasteiger partial charge is 0.417 e. The number of ketones is 1. The zero-order valence-corrected chi connectivity index (χ0v) is 18.2. The van der Waals surface area contributed by atoms with Gasteiger partial charge in [0.25, 0.3) is 0 Å². The molecule has 0 unspecified atom stereocenters. The quantitative estimate of drug-likeness (QED) is 0.242. The predicted octanol–water partition coefficient (Wildman–Crippen LogP) is 6.02. The fraction of sp³-hybridized carbons (Fsp3) is 0.240. The summed E-state index contributed by atoms with van der Waals surface area (Å²) in [5, 5.41) is 8.50. The highest BCUT2D eigenvalue weighted by Gasteiger charge is 2.33. The Labute approximate surface area is 189 Å². The number of alkyl halides is 3. The van der Waals surface area contributed by atoms with Crippen LogP contribution in [0.5, 0.6) is 5.75 Å². The number of hydrogen-bond acceptors (Lipinski definition) is 4. The first-order chi connectivity index (χ1) is 15.7. The topological polar surface area (TPSA) is 60.7 Å². The first kappa shape index (κ1) is 24.3. The van der Waals surface area contributed by atoms with Gasteiger partial charge >= 0.3 is 6.18 Å². The molecule has 1 aromatic heterocycles. The van der Waals surface area contributed by atoms with E-state index in [0.717, 1.165) is 23.4 Å². The fourth-order valence-electron chi connectivity index (χ4n) is 3.22. The molecule has 0 aliphatic carbocycles. The van der Waals surface area contributed by atoms with E-state index in [1.54, 1.807) is 61.5 Å².